The molecule has 17 heavy (non-hydrogen) atoms. The van der Waals surface area contributed by atoms with E-state index in [1.54, 1.807) is 14.0 Å². The van der Waals surface area contributed by atoms with Crippen LogP contribution in [0.3, 0.4) is 0 Å². The lowest BCUT2D eigenvalue weighted by Crippen LogP contribution is -2.29. The molecule has 1 aromatic heterocycles. The van der Waals surface area contributed by atoms with Crippen molar-refractivity contribution in [3.63, 3.8) is 0 Å². The third kappa shape index (κ3) is 3.00. The maximum Gasteiger partial charge on any atom is 0.332 e. The minimum atomic E-state index is -0.629. The number of aryl methyl sites for hydroxylation is 1. The zero-order valence-electron chi connectivity index (χ0n) is 9.91. The van der Waals surface area contributed by atoms with Gasteiger partial charge in [-0.25, -0.2) is 4.98 Å². The van der Waals surface area contributed by atoms with Crippen LogP contribution in [-0.4, -0.2) is 39.7 Å². The summed E-state index contributed by atoms with van der Waals surface area (Å²) < 4.78 is 0. The number of nitrogens with zero attached hydrogens (tertiary/aromatic N) is 4. The second-order valence-electron chi connectivity index (χ2n) is 3.83. The summed E-state index contributed by atoms with van der Waals surface area (Å²) in [5, 5.41) is 20.2. The van der Waals surface area contributed by atoms with Gasteiger partial charge in [0.1, 0.15) is 5.69 Å². The van der Waals surface area contributed by atoms with Gasteiger partial charge in [0.25, 0.3) is 0 Å². The maximum atomic E-state index is 10.9. The highest BCUT2D eigenvalue weighted by atomic mass is 16.6. The van der Waals surface area contributed by atoms with Crippen LogP contribution in [0.4, 0.5) is 17.5 Å². The van der Waals surface area contributed by atoms with E-state index >= 15 is 0 Å². The Bertz CT molecular complexity index is 435. The van der Waals surface area contributed by atoms with Crippen LogP contribution in [0.5, 0.6) is 0 Å². The number of aliphatic hydroxyl groups is 1. The van der Waals surface area contributed by atoms with E-state index in [0.717, 1.165) is 0 Å². The van der Waals surface area contributed by atoms with E-state index in [2.05, 4.69) is 9.97 Å². The second-order valence-corrected chi connectivity index (χ2v) is 3.83. The molecule has 1 heterocycles. The average Bonchev–Trinajstić information content (AvgIpc) is 2.14. The molecule has 0 aliphatic rings. The molecule has 0 saturated carbocycles. The molecule has 0 bridgehead atoms. The predicted molar refractivity (Wildman–Crippen MR) is 62.8 cm³/mol. The van der Waals surface area contributed by atoms with Crippen LogP contribution >= 0.6 is 0 Å². The summed E-state index contributed by atoms with van der Waals surface area (Å²) >= 11 is 0. The number of anilines is 2. The first-order valence-corrected chi connectivity index (χ1v) is 5.00. The summed E-state index contributed by atoms with van der Waals surface area (Å²) in [4.78, 5) is 19.5. The maximum absolute atomic E-state index is 10.9. The molecule has 0 aliphatic heterocycles. The van der Waals surface area contributed by atoms with Crippen molar-refractivity contribution in [2.24, 2.45) is 0 Å². The fourth-order valence-electron chi connectivity index (χ4n) is 1.54. The monoisotopic (exact) mass is 241 g/mol. The molecule has 0 saturated heterocycles. The summed E-state index contributed by atoms with van der Waals surface area (Å²) in [6.45, 7) is 3.30. The highest BCUT2D eigenvalue weighted by Gasteiger charge is 2.24. The molecule has 0 aromatic carbocycles. The third-order valence-corrected chi connectivity index (χ3v) is 2.14. The molecule has 3 N–H and O–H groups in total. The lowest BCUT2D eigenvalue weighted by Gasteiger charge is -2.19. The number of likely N-dealkylation sites (N-methyl/N-ethyl adjacent to an activating group) is 1. The molecule has 1 atom stereocenters. The van der Waals surface area contributed by atoms with Crippen molar-refractivity contribution in [1.82, 2.24) is 9.97 Å². The zero-order chi connectivity index (χ0) is 13.2. The van der Waals surface area contributed by atoms with E-state index in [1.165, 1.54) is 11.8 Å². The number of nitrogens with two attached hydrogens (primary N) is 1. The highest BCUT2D eigenvalue weighted by molar-refractivity contribution is 5.61. The number of nitrogen functional groups attached to an aromatic ring is 1. The van der Waals surface area contributed by atoms with Crippen LogP contribution in [0, 0.1) is 17.0 Å². The Morgan fingerprint density at radius 1 is 1.59 bits per heavy atom. The Balaban J connectivity index is 3.25. The van der Waals surface area contributed by atoms with E-state index in [1.807, 2.05) is 0 Å². The van der Waals surface area contributed by atoms with Gasteiger partial charge >= 0.3 is 5.69 Å². The van der Waals surface area contributed by atoms with Crippen LogP contribution in [0.1, 0.15) is 12.6 Å². The molecule has 0 amide bonds. The second kappa shape index (κ2) is 4.91. The van der Waals surface area contributed by atoms with Crippen molar-refractivity contribution >= 4 is 17.5 Å². The summed E-state index contributed by atoms with van der Waals surface area (Å²) in [6.07, 6.45) is -0.629. The fraction of sp³-hybridized carbons (Fsp3) is 0.556. The summed E-state index contributed by atoms with van der Waals surface area (Å²) in [6, 6.07) is 0. The average molecular weight is 241 g/mol. The predicted octanol–water partition coefficient (Wildman–Crippen LogP) is 0.0924. The van der Waals surface area contributed by atoms with Gasteiger partial charge in [0, 0.05) is 13.6 Å². The van der Waals surface area contributed by atoms with E-state index in [-0.39, 0.29) is 29.7 Å². The number of aliphatic hydroxyl groups excluding tert-OH is 1. The molecule has 8 heteroatoms. The van der Waals surface area contributed by atoms with Gasteiger partial charge in [-0.2, -0.15) is 4.98 Å². The van der Waals surface area contributed by atoms with Crippen molar-refractivity contribution in [3.05, 3.63) is 15.8 Å². The lowest BCUT2D eigenvalue weighted by molar-refractivity contribution is -0.385. The molecular formula is C9H15N5O3. The van der Waals surface area contributed by atoms with E-state index in [9.17, 15) is 15.2 Å². The number of aromatic nitrogens is 2. The quantitative estimate of drug-likeness (QED) is 0.566. The smallest absolute Gasteiger partial charge is 0.332 e. The van der Waals surface area contributed by atoms with Crippen LogP contribution in [-0.2, 0) is 0 Å². The molecule has 94 valence electrons. The molecule has 0 spiro atoms. The molecular weight excluding hydrogens is 226 g/mol. The van der Waals surface area contributed by atoms with E-state index in [0.29, 0.717) is 0 Å². The Kier molecular flexibility index (Phi) is 3.79. The van der Waals surface area contributed by atoms with Gasteiger partial charge in [-0.15, -0.1) is 0 Å². The first kappa shape index (κ1) is 13.1. The van der Waals surface area contributed by atoms with Gasteiger partial charge in [-0.1, -0.05) is 0 Å². The number of nitro groups is 1. The molecule has 0 radical (unpaired) electrons. The van der Waals surface area contributed by atoms with Crippen molar-refractivity contribution in [2.75, 3.05) is 24.2 Å². The van der Waals surface area contributed by atoms with Gasteiger partial charge in [0.2, 0.25) is 11.8 Å². The van der Waals surface area contributed by atoms with Gasteiger partial charge in [0.05, 0.1) is 11.0 Å². The summed E-state index contributed by atoms with van der Waals surface area (Å²) in [5.74, 6) is 0.0847. The van der Waals surface area contributed by atoms with Crippen molar-refractivity contribution in [1.29, 1.82) is 0 Å². The Morgan fingerprint density at radius 2 is 2.18 bits per heavy atom. The number of hydrogen-bond acceptors (Lipinski definition) is 7. The minimum absolute atomic E-state index is 0.0273. The first-order chi connectivity index (χ1) is 7.82. The SMILES string of the molecule is Cc1nc(N)nc(N(C)CC(C)O)c1[N+](=O)[O-]. The van der Waals surface area contributed by atoms with Crippen LogP contribution < -0.4 is 10.6 Å². The Hall–Kier alpha value is -1.96. The van der Waals surface area contributed by atoms with E-state index in [4.69, 9.17) is 5.73 Å². The zero-order valence-corrected chi connectivity index (χ0v) is 9.91. The van der Waals surface area contributed by atoms with Crippen LogP contribution in [0.25, 0.3) is 0 Å². The normalized spacial score (nSPS) is 12.2. The van der Waals surface area contributed by atoms with Gasteiger partial charge in [0.15, 0.2) is 0 Å². The molecule has 0 aliphatic carbocycles. The summed E-state index contributed by atoms with van der Waals surface area (Å²) in [5.41, 5.74) is 5.47. The van der Waals surface area contributed by atoms with Gasteiger partial charge in [-0.3, -0.25) is 10.1 Å². The van der Waals surface area contributed by atoms with Crippen LogP contribution in [0.15, 0.2) is 0 Å². The minimum Gasteiger partial charge on any atom is -0.392 e. The van der Waals surface area contributed by atoms with Gasteiger partial charge in [-0.05, 0) is 13.8 Å². The van der Waals surface area contributed by atoms with Crippen LogP contribution in [0.2, 0.25) is 0 Å². The largest absolute Gasteiger partial charge is 0.392 e. The topological polar surface area (TPSA) is 118 Å². The third-order valence-electron chi connectivity index (χ3n) is 2.14. The lowest BCUT2D eigenvalue weighted by atomic mass is 10.3. The Morgan fingerprint density at radius 3 is 2.65 bits per heavy atom. The highest BCUT2D eigenvalue weighted by Crippen LogP contribution is 2.28. The number of rotatable bonds is 4. The molecule has 1 unspecified atom stereocenters. The molecule has 0 fully saturated rings. The first-order valence-electron chi connectivity index (χ1n) is 5.00. The van der Waals surface area contributed by atoms with Crippen molar-refractivity contribution < 1.29 is 10.0 Å². The Labute approximate surface area is 98.2 Å². The molecule has 8 nitrogen and oxygen atoms in total. The van der Waals surface area contributed by atoms with Crippen molar-refractivity contribution in [2.45, 2.75) is 20.0 Å². The molecule has 1 aromatic rings. The van der Waals surface area contributed by atoms with Crippen molar-refractivity contribution in [3.8, 4) is 0 Å². The standard InChI is InChI=1S/C9H15N5O3/c1-5(15)4-13(3)8-7(14(16)17)6(2)11-9(10)12-8/h5,15H,4H2,1-3H3,(H2,10,11,12). The van der Waals surface area contributed by atoms with E-state index < -0.39 is 11.0 Å². The van der Waals surface area contributed by atoms with Gasteiger partial charge < -0.3 is 15.7 Å². The fourth-order valence-corrected chi connectivity index (χ4v) is 1.54. The summed E-state index contributed by atoms with van der Waals surface area (Å²) in [7, 11) is 1.60. The number of hydrogen-bond donors (Lipinski definition) is 2. The molecule has 1 rings (SSSR count).